The van der Waals surface area contributed by atoms with Crippen LogP contribution in [0.25, 0.3) is 0 Å². The van der Waals surface area contributed by atoms with Gasteiger partial charge in [0.2, 0.25) is 0 Å². The minimum atomic E-state index is -0.336. The molecule has 1 aromatic rings. The molecule has 3 N–H and O–H groups in total. The molecule has 6 heteroatoms. The quantitative estimate of drug-likeness (QED) is 0.442. The van der Waals surface area contributed by atoms with Crippen LogP contribution in [0.1, 0.15) is 37.4 Å². The Morgan fingerprint density at radius 1 is 1.50 bits per heavy atom. The first-order valence-corrected chi connectivity index (χ1v) is 7.07. The van der Waals surface area contributed by atoms with E-state index in [1.807, 2.05) is 13.0 Å². The number of nitrogens with two attached hydrogens (primary N) is 1. The Morgan fingerprint density at radius 3 is 2.89 bits per heavy atom. The molecule has 18 heavy (non-hydrogen) atoms. The van der Waals surface area contributed by atoms with Crippen molar-refractivity contribution in [3.05, 3.63) is 21.6 Å². The van der Waals surface area contributed by atoms with Crippen LogP contribution < -0.4 is 11.3 Å². The van der Waals surface area contributed by atoms with E-state index in [1.54, 1.807) is 0 Å². The number of aromatic nitrogens is 2. The molecule has 98 valence electrons. The fraction of sp³-hybridized carbons (Fsp3) is 0.583. The molecule has 0 amide bonds. The molecule has 0 unspecified atom stereocenters. The number of unbranched alkanes of at least 4 members (excludes halogenated alkanes) is 1. The van der Waals surface area contributed by atoms with Gasteiger partial charge in [-0.3, -0.25) is 4.79 Å². The van der Waals surface area contributed by atoms with E-state index in [4.69, 9.17) is 11.0 Å². The minimum Gasteiger partial charge on any atom is -0.330 e. The van der Waals surface area contributed by atoms with Crippen molar-refractivity contribution in [2.45, 2.75) is 37.8 Å². The molecule has 0 spiro atoms. The third-order valence-electron chi connectivity index (χ3n) is 2.41. The third-order valence-corrected chi connectivity index (χ3v) is 3.37. The van der Waals surface area contributed by atoms with Crippen LogP contribution in [0.3, 0.4) is 0 Å². The van der Waals surface area contributed by atoms with E-state index in [-0.39, 0.29) is 11.1 Å². The second-order valence-corrected chi connectivity index (χ2v) is 4.98. The maximum absolute atomic E-state index is 11.7. The summed E-state index contributed by atoms with van der Waals surface area (Å²) in [7, 11) is 0. The van der Waals surface area contributed by atoms with E-state index in [1.165, 1.54) is 11.8 Å². The van der Waals surface area contributed by atoms with Gasteiger partial charge in [0, 0.05) is 5.75 Å². The number of aryl methyl sites for hydroxylation is 1. The average Bonchev–Trinajstić information content (AvgIpc) is 2.35. The van der Waals surface area contributed by atoms with Crippen molar-refractivity contribution in [1.29, 1.82) is 5.26 Å². The number of nitrogens with zero attached hydrogens (tertiary/aromatic N) is 2. The van der Waals surface area contributed by atoms with Crippen LogP contribution in [0.2, 0.25) is 0 Å². The summed E-state index contributed by atoms with van der Waals surface area (Å²) in [5.74, 6) is 0.873. The van der Waals surface area contributed by atoms with Crippen LogP contribution in [0.5, 0.6) is 0 Å². The van der Waals surface area contributed by atoms with E-state index < -0.39 is 0 Å². The van der Waals surface area contributed by atoms with Crippen molar-refractivity contribution in [3.63, 3.8) is 0 Å². The first-order chi connectivity index (χ1) is 8.72. The van der Waals surface area contributed by atoms with Crippen LogP contribution in [-0.4, -0.2) is 22.3 Å². The highest BCUT2D eigenvalue weighted by Crippen LogP contribution is 2.15. The summed E-state index contributed by atoms with van der Waals surface area (Å²) in [5.41, 5.74) is 5.82. The summed E-state index contributed by atoms with van der Waals surface area (Å²) in [6, 6.07) is 1.92. The summed E-state index contributed by atoms with van der Waals surface area (Å²) in [6.07, 6.45) is 3.48. The van der Waals surface area contributed by atoms with Crippen molar-refractivity contribution < 1.29 is 0 Å². The Labute approximate surface area is 111 Å². The number of hydrogen-bond acceptors (Lipinski definition) is 5. The zero-order valence-corrected chi connectivity index (χ0v) is 11.3. The van der Waals surface area contributed by atoms with Gasteiger partial charge < -0.3 is 10.7 Å². The van der Waals surface area contributed by atoms with Crippen LogP contribution in [0.15, 0.2) is 9.95 Å². The summed E-state index contributed by atoms with van der Waals surface area (Å²) in [5, 5.41) is 9.53. The summed E-state index contributed by atoms with van der Waals surface area (Å²) in [6.45, 7) is 2.68. The normalized spacial score (nSPS) is 10.3. The second kappa shape index (κ2) is 7.90. The highest BCUT2D eigenvalue weighted by atomic mass is 32.2. The highest BCUT2D eigenvalue weighted by Gasteiger charge is 2.10. The van der Waals surface area contributed by atoms with Gasteiger partial charge in [0.25, 0.3) is 5.56 Å². The lowest BCUT2D eigenvalue weighted by Gasteiger charge is -2.04. The summed E-state index contributed by atoms with van der Waals surface area (Å²) < 4.78 is 0. The first kappa shape index (κ1) is 14.7. The first-order valence-electron chi connectivity index (χ1n) is 6.09. The van der Waals surface area contributed by atoms with Gasteiger partial charge in [0.15, 0.2) is 5.16 Å². The van der Waals surface area contributed by atoms with E-state index in [9.17, 15) is 4.79 Å². The van der Waals surface area contributed by atoms with Crippen LogP contribution in [0.4, 0.5) is 0 Å². The molecule has 0 aliphatic rings. The van der Waals surface area contributed by atoms with E-state index in [0.29, 0.717) is 23.8 Å². The number of aromatic amines is 1. The smallest absolute Gasteiger partial charge is 0.269 e. The number of rotatable bonds is 7. The third kappa shape index (κ3) is 4.17. The molecular weight excluding hydrogens is 248 g/mol. The molecule has 0 saturated heterocycles. The largest absolute Gasteiger partial charge is 0.330 e. The number of thioether (sulfide) groups is 1. The lowest BCUT2D eigenvalue weighted by atomic mass is 10.1. The fourth-order valence-corrected chi connectivity index (χ4v) is 2.40. The Balaban J connectivity index is 2.82. The maximum Gasteiger partial charge on any atom is 0.269 e. The standard InChI is InChI=1S/C12H18N4OS/c1-2-5-10-9(8-14)11(17)16-12(15-10)18-7-4-3-6-13/h2-7,13H2,1H3,(H,15,16,17). The predicted molar refractivity (Wildman–Crippen MR) is 72.6 cm³/mol. The molecule has 0 atom stereocenters. The van der Waals surface area contributed by atoms with Crippen LogP contribution in [-0.2, 0) is 6.42 Å². The van der Waals surface area contributed by atoms with Gasteiger partial charge in [0.05, 0.1) is 5.69 Å². The Kier molecular flexibility index (Phi) is 6.47. The lowest BCUT2D eigenvalue weighted by Crippen LogP contribution is -2.16. The van der Waals surface area contributed by atoms with Gasteiger partial charge in [-0.1, -0.05) is 25.1 Å². The number of nitriles is 1. The minimum absolute atomic E-state index is 0.142. The highest BCUT2D eigenvalue weighted by molar-refractivity contribution is 7.99. The molecule has 1 aromatic heterocycles. The van der Waals surface area contributed by atoms with E-state index in [2.05, 4.69) is 9.97 Å². The molecule has 0 aromatic carbocycles. The Hall–Kier alpha value is -1.32. The predicted octanol–water partition coefficient (Wildman–Crippen LogP) is 1.43. The SMILES string of the molecule is CCCc1nc(SCCCCN)[nH]c(=O)c1C#N. The van der Waals surface area contributed by atoms with Crippen molar-refractivity contribution >= 4 is 11.8 Å². The van der Waals surface area contributed by atoms with Gasteiger partial charge in [-0.25, -0.2) is 4.98 Å². The lowest BCUT2D eigenvalue weighted by molar-refractivity contribution is 0.797. The molecule has 1 heterocycles. The topological polar surface area (TPSA) is 95.6 Å². The van der Waals surface area contributed by atoms with Crippen molar-refractivity contribution in [2.75, 3.05) is 12.3 Å². The van der Waals surface area contributed by atoms with Crippen molar-refractivity contribution in [1.82, 2.24) is 9.97 Å². The fourth-order valence-electron chi connectivity index (χ4n) is 1.51. The van der Waals surface area contributed by atoms with Crippen LogP contribution >= 0.6 is 11.8 Å². The molecule has 5 nitrogen and oxygen atoms in total. The molecule has 0 radical (unpaired) electrons. The van der Waals surface area contributed by atoms with Gasteiger partial charge in [-0.05, 0) is 25.8 Å². The van der Waals surface area contributed by atoms with Gasteiger partial charge in [-0.2, -0.15) is 5.26 Å². The average molecular weight is 266 g/mol. The maximum atomic E-state index is 11.7. The molecule has 0 aliphatic carbocycles. The van der Waals surface area contributed by atoms with Gasteiger partial charge in [0.1, 0.15) is 11.6 Å². The van der Waals surface area contributed by atoms with Gasteiger partial charge in [-0.15, -0.1) is 0 Å². The molecular formula is C12H18N4OS. The Morgan fingerprint density at radius 2 is 2.28 bits per heavy atom. The number of nitrogens with one attached hydrogen (secondary N) is 1. The molecule has 0 fully saturated rings. The summed E-state index contributed by atoms with van der Waals surface area (Å²) in [4.78, 5) is 18.7. The summed E-state index contributed by atoms with van der Waals surface area (Å²) >= 11 is 1.50. The second-order valence-electron chi connectivity index (χ2n) is 3.90. The Bertz CT molecular complexity index is 478. The molecule has 0 saturated carbocycles. The molecule has 1 rings (SSSR count). The zero-order chi connectivity index (χ0) is 13.4. The zero-order valence-electron chi connectivity index (χ0n) is 10.5. The monoisotopic (exact) mass is 266 g/mol. The number of hydrogen-bond donors (Lipinski definition) is 2. The molecule has 0 aliphatic heterocycles. The van der Waals surface area contributed by atoms with E-state index in [0.717, 1.165) is 25.0 Å². The number of H-pyrrole nitrogens is 1. The molecule has 0 bridgehead atoms. The van der Waals surface area contributed by atoms with Gasteiger partial charge >= 0.3 is 0 Å². The van der Waals surface area contributed by atoms with Crippen molar-refractivity contribution in [3.8, 4) is 6.07 Å². The van der Waals surface area contributed by atoms with Crippen molar-refractivity contribution in [2.24, 2.45) is 5.73 Å². The van der Waals surface area contributed by atoms with Crippen LogP contribution in [0, 0.1) is 11.3 Å². The van der Waals surface area contributed by atoms with E-state index >= 15 is 0 Å².